The number of benzene rings is 1. The maximum Gasteiger partial charge on any atom is 0.320 e. The van der Waals surface area contributed by atoms with Gasteiger partial charge >= 0.3 is 6.01 Å². The molecule has 0 bridgehead atoms. The van der Waals surface area contributed by atoms with Gasteiger partial charge in [0.2, 0.25) is 5.89 Å². The SMILES string of the molecule is Fc1cc(Br)ccc1Nc1nnc(-c2ccncc2)o1. The Balaban J connectivity index is 1.84. The molecule has 2 heterocycles. The molecule has 7 heteroatoms. The van der Waals surface area contributed by atoms with Crippen LogP contribution in [0.15, 0.2) is 51.6 Å². The Morgan fingerprint density at radius 1 is 1.10 bits per heavy atom. The number of hydrogen-bond donors (Lipinski definition) is 1. The molecule has 0 saturated carbocycles. The molecule has 0 aliphatic rings. The highest BCUT2D eigenvalue weighted by Crippen LogP contribution is 2.24. The van der Waals surface area contributed by atoms with Gasteiger partial charge in [-0.2, -0.15) is 0 Å². The summed E-state index contributed by atoms with van der Waals surface area (Å²) < 4.78 is 19.8. The fraction of sp³-hybridized carbons (Fsp3) is 0. The number of anilines is 2. The largest absolute Gasteiger partial charge is 0.403 e. The molecule has 0 aliphatic carbocycles. The first-order valence-electron chi connectivity index (χ1n) is 5.68. The summed E-state index contributed by atoms with van der Waals surface area (Å²) in [5, 5.41) is 10.5. The van der Waals surface area contributed by atoms with Gasteiger partial charge in [-0.15, -0.1) is 5.10 Å². The van der Waals surface area contributed by atoms with Crippen LogP contribution in [0.2, 0.25) is 0 Å². The molecule has 0 saturated heterocycles. The summed E-state index contributed by atoms with van der Waals surface area (Å²) in [5.74, 6) is -0.0737. The van der Waals surface area contributed by atoms with Gasteiger partial charge in [0.25, 0.3) is 0 Å². The van der Waals surface area contributed by atoms with E-state index in [2.05, 4.69) is 36.4 Å². The van der Waals surface area contributed by atoms with Gasteiger partial charge in [0.05, 0.1) is 5.69 Å². The van der Waals surface area contributed by atoms with E-state index in [1.54, 1.807) is 36.7 Å². The van der Waals surface area contributed by atoms with Crippen molar-refractivity contribution in [1.82, 2.24) is 15.2 Å². The molecule has 3 aromatic rings. The molecule has 1 aromatic carbocycles. The molecule has 3 rings (SSSR count). The van der Waals surface area contributed by atoms with Crippen molar-refractivity contribution in [2.75, 3.05) is 5.32 Å². The van der Waals surface area contributed by atoms with Gasteiger partial charge < -0.3 is 9.73 Å². The van der Waals surface area contributed by atoms with Crippen molar-refractivity contribution in [2.45, 2.75) is 0 Å². The normalized spacial score (nSPS) is 10.5. The van der Waals surface area contributed by atoms with E-state index in [1.807, 2.05) is 0 Å². The molecule has 0 radical (unpaired) electrons. The lowest BCUT2D eigenvalue weighted by Gasteiger charge is -2.02. The third kappa shape index (κ3) is 2.67. The van der Waals surface area contributed by atoms with Crippen LogP contribution >= 0.6 is 15.9 Å². The predicted molar refractivity (Wildman–Crippen MR) is 74.9 cm³/mol. The molecule has 20 heavy (non-hydrogen) atoms. The Bertz CT molecular complexity index is 732. The summed E-state index contributed by atoms with van der Waals surface area (Å²) in [6.45, 7) is 0. The second-order valence-corrected chi connectivity index (χ2v) is 4.81. The zero-order valence-corrected chi connectivity index (χ0v) is 11.6. The number of nitrogens with zero attached hydrogens (tertiary/aromatic N) is 3. The molecule has 2 aromatic heterocycles. The lowest BCUT2D eigenvalue weighted by atomic mass is 10.3. The molecular weight excluding hydrogens is 327 g/mol. The van der Waals surface area contributed by atoms with Crippen molar-refractivity contribution in [3.8, 4) is 11.5 Å². The van der Waals surface area contributed by atoms with Crippen molar-refractivity contribution in [1.29, 1.82) is 0 Å². The Morgan fingerprint density at radius 2 is 1.90 bits per heavy atom. The van der Waals surface area contributed by atoms with E-state index in [1.165, 1.54) is 6.07 Å². The zero-order valence-electron chi connectivity index (χ0n) is 10.0. The van der Waals surface area contributed by atoms with E-state index >= 15 is 0 Å². The average Bonchev–Trinajstić information content (AvgIpc) is 2.92. The van der Waals surface area contributed by atoms with E-state index < -0.39 is 5.82 Å². The van der Waals surface area contributed by atoms with Gasteiger partial charge in [0, 0.05) is 22.4 Å². The summed E-state index contributed by atoms with van der Waals surface area (Å²) in [4.78, 5) is 3.91. The number of nitrogens with one attached hydrogen (secondary N) is 1. The third-order valence-electron chi connectivity index (χ3n) is 2.53. The molecule has 0 amide bonds. The van der Waals surface area contributed by atoms with Gasteiger partial charge in [0.1, 0.15) is 5.82 Å². The van der Waals surface area contributed by atoms with Crippen LogP contribution in [0.3, 0.4) is 0 Å². The third-order valence-corrected chi connectivity index (χ3v) is 3.02. The van der Waals surface area contributed by atoms with Gasteiger partial charge in [-0.05, 0) is 30.3 Å². The van der Waals surface area contributed by atoms with Crippen molar-refractivity contribution in [3.63, 3.8) is 0 Å². The van der Waals surface area contributed by atoms with Crippen LogP contribution in [0.25, 0.3) is 11.5 Å². The summed E-state index contributed by atoms with van der Waals surface area (Å²) in [6, 6.07) is 8.26. The first-order valence-corrected chi connectivity index (χ1v) is 6.47. The van der Waals surface area contributed by atoms with Crippen LogP contribution in [0, 0.1) is 5.82 Å². The van der Waals surface area contributed by atoms with Crippen LogP contribution in [0.5, 0.6) is 0 Å². The monoisotopic (exact) mass is 334 g/mol. The van der Waals surface area contributed by atoms with E-state index in [4.69, 9.17) is 4.42 Å². The minimum Gasteiger partial charge on any atom is -0.403 e. The fourth-order valence-electron chi connectivity index (χ4n) is 1.59. The maximum absolute atomic E-state index is 13.7. The van der Waals surface area contributed by atoms with Crippen LogP contribution in [0.1, 0.15) is 0 Å². The zero-order chi connectivity index (χ0) is 13.9. The second kappa shape index (κ2) is 5.38. The molecule has 0 atom stereocenters. The second-order valence-electron chi connectivity index (χ2n) is 3.90. The molecule has 0 spiro atoms. The van der Waals surface area contributed by atoms with Crippen molar-refractivity contribution < 1.29 is 8.81 Å². The van der Waals surface area contributed by atoms with Crippen molar-refractivity contribution >= 4 is 27.6 Å². The lowest BCUT2D eigenvalue weighted by Crippen LogP contribution is -1.93. The summed E-state index contributed by atoms with van der Waals surface area (Å²) in [6.07, 6.45) is 3.25. The van der Waals surface area contributed by atoms with E-state index in [9.17, 15) is 4.39 Å². The summed E-state index contributed by atoms with van der Waals surface area (Å²) in [5.41, 5.74) is 1.01. The lowest BCUT2D eigenvalue weighted by molar-refractivity contribution is 0.583. The molecule has 0 unspecified atom stereocenters. The number of halogens is 2. The molecule has 1 N–H and O–H groups in total. The van der Waals surface area contributed by atoms with Gasteiger partial charge in [-0.1, -0.05) is 21.0 Å². The molecule has 5 nitrogen and oxygen atoms in total. The molecular formula is C13H8BrFN4O. The van der Waals surface area contributed by atoms with Crippen LogP contribution in [-0.2, 0) is 0 Å². The van der Waals surface area contributed by atoms with Crippen molar-refractivity contribution in [2.24, 2.45) is 0 Å². The smallest absolute Gasteiger partial charge is 0.320 e. The highest BCUT2D eigenvalue weighted by Gasteiger charge is 2.10. The van der Waals surface area contributed by atoms with Crippen LogP contribution in [0.4, 0.5) is 16.1 Å². The Hall–Kier alpha value is -2.28. The quantitative estimate of drug-likeness (QED) is 0.789. The van der Waals surface area contributed by atoms with Gasteiger partial charge in [-0.25, -0.2) is 4.39 Å². The maximum atomic E-state index is 13.7. The average molecular weight is 335 g/mol. The molecule has 0 fully saturated rings. The number of rotatable bonds is 3. The molecule has 0 aliphatic heterocycles. The minimum atomic E-state index is -0.414. The number of aromatic nitrogens is 3. The summed E-state index contributed by atoms with van der Waals surface area (Å²) >= 11 is 3.19. The highest BCUT2D eigenvalue weighted by molar-refractivity contribution is 9.10. The summed E-state index contributed by atoms with van der Waals surface area (Å²) in [7, 11) is 0. The highest BCUT2D eigenvalue weighted by atomic mass is 79.9. The van der Waals surface area contributed by atoms with E-state index in [-0.39, 0.29) is 11.7 Å². The predicted octanol–water partition coefficient (Wildman–Crippen LogP) is 3.78. The number of hydrogen-bond acceptors (Lipinski definition) is 5. The van der Waals surface area contributed by atoms with Gasteiger partial charge in [-0.3, -0.25) is 4.98 Å². The fourth-order valence-corrected chi connectivity index (χ4v) is 1.92. The Kier molecular flexibility index (Phi) is 3.42. The Morgan fingerprint density at radius 3 is 2.65 bits per heavy atom. The van der Waals surface area contributed by atoms with E-state index in [0.717, 1.165) is 5.56 Å². The van der Waals surface area contributed by atoms with Gasteiger partial charge in [0.15, 0.2) is 0 Å². The number of pyridine rings is 1. The van der Waals surface area contributed by atoms with Crippen LogP contribution in [-0.4, -0.2) is 15.2 Å². The van der Waals surface area contributed by atoms with Crippen LogP contribution < -0.4 is 5.32 Å². The van der Waals surface area contributed by atoms with Crippen molar-refractivity contribution in [3.05, 3.63) is 53.0 Å². The first-order chi connectivity index (χ1) is 9.72. The molecule has 100 valence electrons. The Labute approximate surface area is 122 Å². The standard InChI is InChI=1S/C13H8BrFN4O/c14-9-1-2-11(10(15)7-9)17-13-19-18-12(20-13)8-3-5-16-6-4-8/h1-7H,(H,17,19). The minimum absolute atomic E-state index is 0.123. The van der Waals surface area contributed by atoms with E-state index in [0.29, 0.717) is 10.4 Å². The first kappa shape index (κ1) is 12.7. The topological polar surface area (TPSA) is 63.8 Å².